The summed E-state index contributed by atoms with van der Waals surface area (Å²) in [5.41, 5.74) is 2.00. The van der Waals surface area contributed by atoms with E-state index in [2.05, 4.69) is 10.3 Å². The number of aromatic nitrogens is 1. The Bertz CT molecular complexity index is 1050. The molecule has 1 N–H and O–H groups in total. The van der Waals surface area contributed by atoms with Crippen LogP contribution in [-0.2, 0) is 6.54 Å². The summed E-state index contributed by atoms with van der Waals surface area (Å²) in [5.74, 6) is -0.465. The highest BCUT2D eigenvalue weighted by Crippen LogP contribution is 2.15. The van der Waals surface area contributed by atoms with E-state index in [1.165, 1.54) is 11.3 Å². The molecule has 144 valence electrons. The number of rotatable bonds is 5. The molecular weight excluding hydrogens is 394 g/mol. The molecule has 0 spiro atoms. The second-order valence-corrected chi connectivity index (χ2v) is 7.82. The molecule has 0 fully saturated rings. The second kappa shape index (κ2) is 8.99. The fourth-order valence-corrected chi connectivity index (χ4v) is 3.54. The van der Waals surface area contributed by atoms with Gasteiger partial charge in [0.2, 0.25) is 0 Å². The van der Waals surface area contributed by atoms with Crippen LogP contribution in [-0.4, -0.2) is 22.4 Å². The Kier molecular flexibility index (Phi) is 6.44. The molecule has 0 radical (unpaired) electrons. The van der Waals surface area contributed by atoms with Crippen molar-refractivity contribution in [2.75, 3.05) is 0 Å². The summed E-state index contributed by atoms with van der Waals surface area (Å²) in [6, 6.07) is 14.4. The Morgan fingerprint density at radius 2 is 1.86 bits per heavy atom. The molecule has 0 saturated heterocycles. The Morgan fingerprint density at radius 3 is 2.54 bits per heavy atom. The standard InChI is InChI=1S/C21H20ClN3O2S/c1-14(2)23-19(26)16-9-7-15(8-10-16)13-25-11-12-28-21(25)24-20(27)17-5-3-4-6-18(17)22/h3-12,14H,13H2,1-2H3,(H,23,26). The minimum absolute atomic E-state index is 0.0911. The van der Waals surface area contributed by atoms with Gasteiger partial charge in [0.25, 0.3) is 11.8 Å². The van der Waals surface area contributed by atoms with E-state index >= 15 is 0 Å². The van der Waals surface area contributed by atoms with Crippen LogP contribution in [0.2, 0.25) is 5.02 Å². The van der Waals surface area contributed by atoms with Crippen LogP contribution in [0, 0.1) is 0 Å². The van der Waals surface area contributed by atoms with Crippen molar-refractivity contribution in [1.82, 2.24) is 9.88 Å². The van der Waals surface area contributed by atoms with Crippen molar-refractivity contribution in [2.45, 2.75) is 26.4 Å². The maximum atomic E-state index is 12.4. The lowest BCUT2D eigenvalue weighted by Gasteiger charge is -2.09. The van der Waals surface area contributed by atoms with Crippen LogP contribution < -0.4 is 10.1 Å². The summed E-state index contributed by atoms with van der Waals surface area (Å²) < 4.78 is 1.89. The van der Waals surface area contributed by atoms with E-state index in [4.69, 9.17) is 11.6 Å². The number of benzene rings is 2. The fraction of sp³-hybridized carbons (Fsp3) is 0.190. The van der Waals surface area contributed by atoms with Gasteiger partial charge in [0.1, 0.15) is 0 Å². The van der Waals surface area contributed by atoms with Gasteiger partial charge in [0, 0.05) is 29.7 Å². The number of carbonyl (C=O) groups is 2. The minimum atomic E-state index is -0.373. The molecule has 1 heterocycles. The number of thiazole rings is 1. The number of nitrogens with zero attached hydrogens (tertiary/aromatic N) is 2. The summed E-state index contributed by atoms with van der Waals surface area (Å²) in [7, 11) is 0. The number of hydrogen-bond donors (Lipinski definition) is 1. The molecule has 0 unspecified atom stereocenters. The highest BCUT2D eigenvalue weighted by Gasteiger charge is 2.10. The monoisotopic (exact) mass is 413 g/mol. The lowest BCUT2D eigenvalue weighted by atomic mass is 10.1. The lowest BCUT2D eigenvalue weighted by molar-refractivity contribution is 0.0942. The Morgan fingerprint density at radius 1 is 1.14 bits per heavy atom. The van der Waals surface area contributed by atoms with Gasteiger partial charge >= 0.3 is 0 Å². The number of halogens is 1. The molecule has 7 heteroatoms. The van der Waals surface area contributed by atoms with Gasteiger partial charge in [-0.15, -0.1) is 11.3 Å². The summed E-state index contributed by atoms with van der Waals surface area (Å²) in [6.07, 6.45) is 1.88. The first kappa shape index (κ1) is 20.0. The van der Waals surface area contributed by atoms with Gasteiger partial charge in [-0.3, -0.25) is 9.59 Å². The Labute approximate surface area is 172 Å². The van der Waals surface area contributed by atoms with E-state index in [1.54, 1.807) is 36.4 Å². The smallest absolute Gasteiger partial charge is 0.281 e. The van der Waals surface area contributed by atoms with Gasteiger partial charge in [0.05, 0.1) is 10.6 Å². The molecule has 5 nitrogen and oxygen atoms in total. The molecular formula is C21H20ClN3O2S. The van der Waals surface area contributed by atoms with Crippen LogP contribution in [0.25, 0.3) is 0 Å². The molecule has 0 saturated carbocycles. The maximum Gasteiger partial charge on any atom is 0.281 e. The quantitative estimate of drug-likeness (QED) is 0.683. The molecule has 2 amide bonds. The largest absolute Gasteiger partial charge is 0.350 e. The number of nitrogens with one attached hydrogen (secondary N) is 1. The summed E-state index contributed by atoms with van der Waals surface area (Å²) in [5, 5.41) is 5.13. The van der Waals surface area contributed by atoms with Crippen molar-refractivity contribution < 1.29 is 9.59 Å². The number of hydrogen-bond acceptors (Lipinski definition) is 3. The van der Waals surface area contributed by atoms with Crippen LogP contribution in [0.5, 0.6) is 0 Å². The predicted octanol–water partition coefficient (Wildman–Crippen LogP) is 4.13. The van der Waals surface area contributed by atoms with E-state index in [1.807, 2.05) is 42.1 Å². The van der Waals surface area contributed by atoms with E-state index in [-0.39, 0.29) is 17.9 Å². The molecule has 2 aromatic carbocycles. The van der Waals surface area contributed by atoms with Crippen molar-refractivity contribution in [3.63, 3.8) is 0 Å². The van der Waals surface area contributed by atoms with Crippen molar-refractivity contribution >= 4 is 34.8 Å². The maximum absolute atomic E-state index is 12.4. The normalized spacial score (nSPS) is 11.6. The molecule has 0 aliphatic heterocycles. The van der Waals surface area contributed by atoms with Crippen LogP contribution in [0.1, 0.15) is 40.1 Å². The molecule has 1 aromatic heterocycles. The Hall–Kier alpha value is -2.70. The van der Waals surface area contributed by atoms with E-state index < -0.39 is 0 Å². The summed E-state index contributed by atoms with van der Waals surface area (Å²) in [4.78, 5) is 29.3. The van der Waals surface area contributed by atoms with E-state index in [9.17, 15) is 9.59 Å². The zero-order chi connectivity index (χ0) is 20.1. The zero-order valence-corrected chi connectivity index (χ0v) is 17.1. The topological polar surface area (TPSA) is 63.5 Å². The zero-order valence-electron chi connectivity index (χ0n) is 15.6. The third kappa shape index (κ3) is 4.97. The second-order valence-electron chi connectivity index (χ2n) is 6.54. The van der Waals surface area contributed by atoms with Crippen molar-refractivity contribution in [3.05, 3.63) is 86.6 Å². The van der Waals surface area contributed by atoms with Gasteiger partial charge in [0.15, 0.2) is 4.80 Å². The minimum Gasteiger partial charge on any atom is -0.350 e. The number of amides is 2. The van der Waals surface area contributed by atoms with Gasteiger partial charge in [-0.25, -0.2) is 0 Å². The van der Waals surface area contributed by atoms with Gasteiger partial charge in [-0.2, -0.15) is 4.99 Å². The average molecular weight is 414 g/mol. The van der Waals surface area contributed by atoms with Crippen molar-refractivity contribution in [1.29, 1.82) is 0 Å². The lowest BCUT2D eigenvalue weighted by Crippen LogP contribution is -2.30. The van der Waals surface area contributed by atoms with Gasteiger partial charge < -0.3 is 9.88 Å². The number of carbonyl (C=O) groups excluding carboxylic acids is 2. The molecule has 3 rings (SSSR count). The average Bonchev–Trinajstić information content (AvgIpc) is 3.08. The summed E-state index contributed by atoms with van der Waals surface area (Å²) in [6.45, 7) is 4.40. The highest BCUT2D eigenvalue weighted by atomic mass is 35.5. The van der Waals surface area contributed by atoms with Crippen LogP contribution in [0.4, 0.5) is 0 Å². The molecule has 0 aliphatic rings. The third-order valence-corrected chi connectivity index (χ3v) is 5.07. The fourth-order valence-electron chi connectivity index (χ4n) is 2.59. The van der Waals surface area contributed by atoms with Crippen molar-refractivity contribution in [3.8, 4) is 0 Å². The molecule has 0 aliphatic carbocycles. The first-order valence-corrected chi connectivity index (χ1v) is 10.1. The third-order valence-electron chi connectivity index (χ3n) is 3.95. The van der Waals surface area contributed by atoms with Gasteiger partial charge in [-0.1, -0.05) is 35.9 Å². The predicted molar refractivity (Wildman–Crippen MR) is 112 cm³/mol. The first-order chi connectivity index (χ1) is 13.4. The molecule has 3 aromatic rings. The van der Waals surface area contributed by atoms with Crippen LogP contribution in [0.3, 0.4) is 0 Å². The molecule has 0 atom stereocenters. The Balaban J connectivity index is 1.78. The SMILES string of the molecule is CC(C)NC(=O)c1ccc(Cn2ccsc2=NC(=O)c2ccccc2Cl)cc1. The van der Waals surface area contributed by atoms with Crippen LogP contribution in [0.15, 0.2) is 65.1 Å². The molecule has 28 heavy (non-hydrogen) atoms. The first-order valence-electron chi connectivity index (χ1n) is 8.81. The molecule has 0 bridgehead atoms. The summed E-state index contributed by atoms with van der Waals surface area (Å²) >= 11 is 7.46. The van der Waals surface area contributed by atoms with Crippen LogP contribution >= 0.6 is 22.9 Å². The van der Waals surface area contributed by atoms with Crippen molar-refractivity contribution in [2.24, 2.45) is 4.99 Å². The van der Waals surface area contributed by atoms with Gasteiger partial charge in [-0.05, 0) is 43.7 Å². The van der Waals surface area contributed by atoms with E-state index in [0.717, 1.165) is 5.56 Å². The highest BCUT2D eigenvalue weighted by molar-refractivity contribution is 7.07. The van der Waals surface area contributed by atoms with E-state index in [0.29, 0.717) is 27.5 Å².